The molecule has 0 radical (unpaired) electrons. The lowest BCUT2D eigenvalue weighted by molar-refractivity contribution is -0.134. The fraction of sp³-hybridized carbons (Fsp3) is 0.100. The topological polar surface area (TPSA) is 49.3 Å². The summed E-state index contributed by atoms with van der Waals surface area (Å²) in [6.07, 6.45) is 5.22. The number of hydrogen-bond donors (Lipinski definition) is 2. The van der Waals surface area contributed by atoms with E-state index in [1.54, 1.807) is 24.3 Å². The maximum absolute atomic E-state index is 10.3. The summed E-state index contributed by atoms with van der Waals surface area (Å²) in [5.74, 6) is 1.55. The van der Waals surface area contributed by atoms with Crippen molar-refractivity contribution < 1.29 is 9.90 Å². The predicted octanol–water partition coefficient (Wildman–Crippen LogP) is 1.16. The van der Waals surface area contributed by atoms with Crippen molar-refractivity contribution in [1.29, 1.82) is 0 Å². The van der Waals surface area contributed by atoms with Crippen LogP contribution in [0.3, 0.4) is 0 Å². The first-order valence-corrected chi connectivity index (χ1v) is 3.75. The van der Waals surface area contributed by atoms with Crippen molar-refractivity contribution in [3.05, 3.63) is 29.8 Å². The van der Waals surface area contributed by atoms with Crippen molar-refractivity contribution in [3.8, 4) is 12.3 Å². The van der Waals surface area contributed by atoms with Crippen molar-refractivity contribution in [1.82, 2.24) is 0 Å². The minimum Gasteiger partial charge on any atom is -0.480 e. The minimum absolute atomic E-state index is 0.126. The Morgan fingerprint density at radius 1 is 1.54 bits per heavy atom. The first kappa shape index (κ1) is 9.14. The molecule has 0 aliphatic carbocycles. The zero-order valence-electron chi connectivity index (χ0n) is 6.95. The Bertz CT molecular complexity index is 352. The normalized spacial score (nSPS) is 8.85. The lowest BCUT2D eigenvalue weighted by Crippen LogP contribution is -2.12. The third kappa shape index (κ3) is 2.53. The van der Waals surface area contributed by atoms with Crippen molar-refractivity contribution in [2.24, 2.45) is 0 Å². The molecule has 0 bridgehead atoms. The molecule has 66 valence electrons. The number of terminal acetylenes is 1. The van der Waals surface area contributed by atoms with Crippen molar-refractivity contribution in [3.63, 3.8) is 0 Å². The van der Waals surface area contributed by atoms with Gasteiger partial charge in [0.25, 0.3) is 0 Å². The lowest BCUT2D eigenvalue weighted by atomic mass is 10.2. The molecule has 13 heavy (non-hydrogen) atoms. The summed E-state index contributed by atoms with van der Waals surface area (Å²) in [4.78, 5) is 10.3. The number of para-hydroxylation sites is 1. The molecule has 0 aliphatic heterocycles. The standard InChI is InChI=1S/C10H9NO2/c1-2-8-5-3-4-6-9(8)11-7-10(12)13/h1,3-6,11H,7H2,(H,12,13). The molecule has 0 amide bonds. The molecule has 0 spiro atoms. The van der Waals surface area contributed by atoms with Gasteiger partial charge in [0, 0.05) is 5.56 Å². The van der Waals surface area contributed by atoms with Crippen LogP contribution in [0.15, 0.2) is 24.3 Å². The molecular formula is C10H9NO2. The van der Waals surface area contributed by atoms with E-state index in [9.17, 15) is 4.79 Å². The van der Waals surface area contributed by atoms with E-state index in [4.69, 9.17) is 11.5 Å². The highest BCUT2D eigenvalue weighted by molar-refractivity contribution is 5.74. The van der Waals surface area contributed by atoms with Crippen LogP contribution in [0.4, 0.5) is 5.69 Å². The fourth-order valence-electron chi connectivity index (χ4n) is 0.934. The quantitative estimate of drug-likeness (QED) is 0.678. The van der Waals surface area contributed by atoms with Gasteiger partial charge in [0.05, 0.1) is 5.69 Å². The number of nitrogens with one attached hydrogen (secondary N) is 1. The van der Waals surface area contributed by atoms with Crippen LogP contribution >= 0.6 is 0 Å². The predicted molar refractivity (Wildman–Crippen MR) is 50.5 cm³/mol. The molecular weight excluding hydrogens is 166 g/mol. The van der Waals surface area contributed by atoms with Crippen LogP contribution in [-0.4, -0.2) is 17.6 Å². The van der Waals surface area contributed by atoms with Gasteiger partial charge >= 0.3 is 5.97 Å². The largest absolute Gasteiger partial charge is 0.480 e. The summed E-state index contributed by atoms with van der Waals surface area (Å²) in [6, 6.07) is 7.11. The highest BCUT2D eigenvalue weighted by atomic mass is 16.4. The van der Waals surface area contributed by atoms with Gasteiger partial charge in [-0.25, -0.2) is 0 Å². The van der Waals surface area contributed by atoms with Gasteiger partial charge in [-0.3, -0.25) is 4.79 Å². The van der Waals surface area contributed by atoms with Gasteiger partial charge in [0.15, 0.2) is 0 Å². The molecule has 0 heterocycles. The summed E-state index contributed by atoms with van der Waals surface area (Å²) in [7, 11) is 0. The van der Waals surface area contributed by atoms with E-state index in [2.05, 4.69) is 11.2 Å². The third-order valence-electron chi connectivity index (χ3n) is 1.51. The van der Waals surface area contributed by atoms with Crippen molar-refractivity contribution in [2.45, 2.75) is 0 Å². The van der Waals surface area contributed by atoms with E-state index in [1.165, 1.54) is 0 Å². The summed E-state index contributed by atoms with van der Waals surface area (Å²) in [5.41, 5.74) is 1.34. The van der Waals surface area contributed by atoms with Crippen LogP contribution in [0.2, 0.25) is 0 Å². The van der Waals surface area contributed by atoms with E-state index >= 15 is 0 Å². The summed E-state index contributed by atoms with van der Waals surface area (Å²) in [5, 5.41) is 11.1. The molecule has 2 N–H and O–H groups in total. The minimum atomic E-state index is -0.910. The van der Waals surface area contributed by atoms with Gasteiger partial charge < -0.3 is 10.4 Å². The van der Waals surface area contributed by atoms with E-state index in [0.717, 1.165) is 0 Å². The zero-order valence-corrected chi connectivity index (χ0v) is 6.95. The third-order valence-corrected chi connectivity index (χ3v) is 1.51. The number of hydrogen-bond acceptors (Lipinski definition) is 2. The molecule has 0 atom stereocenters. The van der Waals surface area contributed by atoms with Crippen LogP contribution in [-0.2, 0) is 4.79 Å². The maximum atomic E-state index is 10.3. The monoisotopic (exact) mass is 175 g/mol. The summed E-state index contributed by atoms with van der Waals surface area (Å²) < 4.78 is 0. The van der Waals surface area contributed by atoms with E-state index < -0.39 is 5.97 Å². The number of aliphatic carboxylic acids is 1. The molecule has 1 aromatic rings. The first-order chi connectivity index (χ1) is 6.24. The molecule has 0 saturated heterocycles. The van der Waals surface area contributed by atoms with Crippen LogP contribution in [0.25, 0.3) is 0 Å². The number of anilines is 1. The molecule has 0 unspecified atom stereocenters. The fourth-order valence-corrected chi connectivity index (χ4v) is 0.934. The Labute approximate surface area is 76.4 Å². The molecule has 1 aromatic carbocycles. The average molecular weight is 175 g/mol. The Balaban J connectivity index is 2.77. The van der Waals surface area contributed by atoms with Crippen LogP contribution < -0.4 is 5.32 Å². The highest BCUT2D eigenvalue weighted by Gasteiger charge is 1.99. The van der Waals surface area contributed by atoms with E-state index in [-0.39, 0.29) is 6.54 Å². The summed E-state index contributed by atoms with van der Waals surface area (Å²) in [6.45, 7) is -0.126. The first-order valence-electron chi connectivity index (χ1n) is 3.75. The molecule has 0 fully saturated rings. The second-order valence-electron chi connectivity index (χ2n) is 2.44. The van der Waals surface area contributed by atoms with E-state index in [0.29, 0.717) is 11.3 Å². The number of carboxylic acid groups (broad SMARTS) is 1. The van der Waals surface area contributed by atoms with Gasteiger partial charge in [-0.2, -0.15) is 0 Å². The number of carbonyl (C=O) groups is 1. The van der Waals surface area contributed by atoms with Crippen molar-refractivity contribution >= 4 is 11.7 Å². The maximum Gasteiger partial charge on any atom is 0.322 e. The summed E-state index contributed by atoms with van der Waals surface area (Å²) >= 11 is 0. The Kier molecular flexibility index (Phi) is 2.93. The second-order valence-corrected chi connectivity index (χ2v) is 2.44. The number of carboxylic acids is 1. The zero-order chi connectivity index (χ0) is 9.68. The molecule has 1 rings (SSSR count). The Morgan fingerprint density at radius 3 is 2.85 bits per heavy atom. The second kappa shape index (κ2) is 4.17. The van der Waals surface area contributed by atoms with Crippen molar-refractivity contribution in [2.75, 3.05) is 11.9 Å². The molecule has 3 heteroatoms. The molecule has 0 saturated carbocycles. The Hall–Kier alpha value is -1.95. The van der Waals surface area contributed by atoms with Gasteiger partial charge in [-0.05, 0) is 12.1 Å². The van der Waals surface area contributed by atoms with Crippen LogP contribution in [0.1, 0.15) is 5.56 Å². The SMILES string of the molecule is C#Cc1ccccc1NCC(=O)O. The van der Waals surface area contributed by atoms with Crippen LogP contribution in [0, 0.1) is 12.3 Å². The van der Waals surface area contributed by atoms with E-state index in [1.807, 2.05) is 0 Å². The Morgan fingerprint density at radius 2 is 2.23 bits per heavy atom. The average Bonchev–Trinajstić information content (AvgIpc) is 2.15. The van der Waals surface area contributed by atoms with Crippen LogP contribution in [0.5, 0.6) is 0 Å². The van der Waals surface area contributed by atoms with Gasteiger partial charge in [-0.1, -0.05) is 18.1 Å². The van der Waals surface area contributed by atoms with Gasteiger partial charge in [-0.15, -0.1) is 6.42 Å². The van der Waals surface area contributed by atoms with Gasteiger partial charge in [0.2, 0.25) is 0 Å². The lowest BCUT2D eigenvalue weighted by Gasteiger charge is -2.04. The highest BCUT2D eigenvalue weighted by Crippen LogP contribution is 2.12. The number of rotatable bonds is 3. The molecule has 3 nitrogen and oxygen atoms in total. The molecule has 0 aliphatic rings. The molecule has 0 aromatic heterocycles. The number of benzene rings is 1. The van der Waals surface area contributed by atoms with Gasteiger partial charge in [0.1, 0.15) is 6.54 Å². The smallest absolute Gasteiger partial charge is 0.322 e.